The summed E-state index contributed by atoms with van der Waals surface area (Å²) in [6.45, 7) is 2.54. The molecular formula is C22H26N4O4S. The van der Waals surface area contributed by atoms with Crippen LogP contribution in [0, 0.1) is 11.3 Å². The van der Waals surface area contributed by atoms with Gasteiger partial charge in [-0.05, 0) is 23.3 Å². The van der Waals surface area contributed by atoms with Crippen LogP contribution in [0.2, 0.25) is 0 Å². The average molecular weight is 443 g/mol. The summed E-state index contributed by atoms with van der Waals surface area (Å²) in [5.41, 5.74) is 1.83. The molecule has 164 valence electrons. The van der Waals surface area contributed by atoms with E-state index >= 15 is 0 Å². The molecule has 0 aromatic heterocycles. The molecule has 0 saturated carbocycles. The summed E-state index contributed by atoms with van der Waals surface area (Å²) in [6, 6.07) is 18.3. The number of hydrogen-bond donors (Lipinski definition) is 1. The normalized spacial score (nSPS) is 14.8. The lowest BCUT2D eigenvalue weighted by Gasteiger charge is -2.26. The number of amides is 1. The quantitative estimate of drug-likeness (QED) is 0.588. The molecule has 0 radical (unpaired) electrons. The molecule has 1 saturated heterocycles. The molecule has 2 aromatic carbocycles. The number of carbonyl (C=O) groups excluding carboxylic acids is 1. The number of nitrogens with one attached hydrogen (secondary N) is 1. The van der Waals surface area contributed by atoms with Gasteiger partial charge in [0.05, 0.1) is 37.3 Å². The van der Waals surface area contributed by atoms with Gasteiger partial charge in [0.25, 0.3) is 0 Å². The van der Waals surface area contributed by atoms with Crippen LogP contribution in [0.3, 0.4) is 0 Å². The first-order valence-corrected chi connectivity index (χ1v) is 11.5. The summed E-state index contributed by atoms with van der Waals surface area (Å²) < 4.78 is 32.0. The third-order valence-electron chi connectivity index (χ3n) is 4.93. The second-order valence-electron chi connectivity index (χ2n) is 7.23. The fraction of sp³-hybridized carbons (Fsp3) is 0.364. The predicted octanol–water partition coefficient (Wildman–Crippen LogP) is 1.35. The highest BCUT2D eigenvalue weighted by Crippen LogP contribution is 2.17. The molecule has 0 spiro atoms. The number of rotatable bonds is 9. The molecule has 9 heteroatoms. The molecule has 8 nitrogen and oxygen atoms in total. The molecule has 31 heavy (non-hydrogen) atoms. The molecule has 1 heterocycles. The summed E-state index contributed by atoms with van der Waals surface area (Å²) >= 11 is 0. The first kappa shape index (κ1) is 22.9. The number of ether oxygens (including phenoxy) is 1. The maximum Gasteiger partial charge on any atom is 0.243 e. The van der Waals surface area contributed by atoms with Crippen molar-refractivity contribution >= 4 is 15.9 Å². The van der Waals surface area contributed by atoms with Crippen molar-refractivity contribution in [1.82, 2.24) is 14.5 Å². The molecule has 1 N–H and O–H groups in total. The zero-order valence-corrected chi connectivity index (χ0v) is 18.1. The van der Waals surface area contributed by atoms with Crippen molar-refractivity contribution in [3.63, 3.8) is 0 Å². The maximum absolute atomic E-state index is 12.7. The second-order valence-corrected chi connectivity index (χ2v) is 9.16. The average Bonchev–Trinajstić information content (AvgIpc) is 2.79. The van der Waals surface area contributed by atoms with Crippen molar-refractivity contribution in [2.45, 2.75) is 18.0 Å². The Kier molecular flexibility index (Phi) is 8.14. The van der Waals surface area contributed by atoms with Crippen molar-refractivity contribution in [3.8, 4) is 6.07 Å². The molecule has 0 bridgehead atoms. The van der Waals surface area contributed by atoms with E-state index in [0.29, 0.717) is 32.8 Å². The van der Waals surface area contributed by atoms with Gasteiger partial charge in [-0.25, -0.2) is 8.42 Å². The third-order valence-corrected chi connectivity index (χ3v) is 6.84. The minimum atomic E-state index is -3.53. The van der Waals surface area contributed by atoms with Crippen LogP contribution in [-0.2, 0) is 32.6 Å². The molecule has 0 unspecified atom stereocenters. The van der Waals surface area contributed by atoms with E-state index < -0.39 is 10.0 Å². The van der Waals surface area contributed by atoms with Crippen molar-refractivity contribution in [1.29, 1.82) is 5.26 Å². The van der Waals surface area contributed by atoms with E-state index in [1.54, 1.807) is 29.2 Å². The second kappa shape index (κ2) is 11.0. The summed E-state index contributed by atoms with van der Waals surface area (Å²) in [5.74, 6) is -0.198. The Balaban J connectivity index is 1.53. The van der Waals surface area contributed by atoms with Crippen molar-refractivity contribution < 1.29 is 17.9 Å². The van der Waals surface area contributed by atoms with E-state index in [4.69, 9.17) is 10.00 Å². The Morgan fingerprint density at radius 3 is 2.39 bits per heavy atom. The number of nitrogens with zero attached hydrogens (tertiary/aromatic N) is 3. The van der Waals surface area contributed by atoms with Crippen LogP contribution in [0.15, 0.2) is 59.5 Å². The number of sulfonamides is 1. The van der Waals surface area contributed by atoms with Crippen molar-refractivity contribution in [2.75, 3.05) is 39.4 Å². The Labute approximate surface area is 183 Å². The molecule has 1 amide bonds. The number of nitriles is 1. The van der Waals surface area contributed by atoms with Crippen LogP contribution < -0.4 is 5.32 Å². The lowest BCUT2D eigenvalue weighted by molar-refractivity contribution is -0.122. The predicted molar refractivity (Wildman–Crippen MR) is 115 cm³/mol. The van der Waals surface area contributed by atoms with Crippen LogP contribution >= 0.6 is 0 Å². The first-order valence-electron chi connectivity index (χ1n) is 10.1. The lowest BCUT2D eigenvalue weighted by Crippen LogP contribution is -2.40. The highest BCUT2D eigenvalue weighted by atomic mass is 32.2. The summed E-state index contributed by atoms with van der Waals surface area (Å²) in [4.78, 5) is 14.3. The summed E-state index contributed by atoms with van der Waals surface area (Å²) in [6.07, 6.45) is 0. The topological polar surface area (TPSA) is 103 Å². The van der Waals surface area contributed by atoms with Gasteiger partial charge in [-0.2, -0.15) is 9.57 Å². The largest absolute Gasteiger partial charge is 0.379 e. The van der Waals surface area contributed by atoms with Gasteiger partial charge < -0.3 is 10.1 Å². The Morgan fingerprint density at radius 1 is 1.06 bits per heavy atom. The van der Waals surface area contributed by atoms with Crippen LogP contribution in [0.5, 0.6) is 0 Å². The van der Waals surface area contributed by atoms with Crippen LogP contribution in [0.25, 0.3) is 0 Å². The zero-order valence-electron chi connectivity index (χ0n) is 17.2. The van der Waals surface area contributed by atoms with E-state index in [1.165, 1.54) is 4.31 Å². The molecule has 1 aliphatic heterocycles. The van der Waals surface area contributed by atoms with Gasteiger partial charge in [-0.15, -0.1) is 0 Å². The van der Waals surface area contributed by atoms with Gasteiger partial charge in [-0.3, -0.25) is 9.69 Å². The Morgan fingerprint density at radius 2 is 1.74 bits per heavy atom. The number of benzene rings is 2. The Bertz CT molecular complexity index is 998. The van der Waals surface area contributed by atoms with Crippen LogP contribution in [0.1, 0.15) is 11.1 Å². The SMILES string of the molecule is N#CCN(CC(=O)NCc1ccc(S(=O)(=O)N2CCOCC2)cc1)Cc1ccccc1. The highest BCUT2D eigenvalue weighted by Gasteiger charge is 2.26. The molecular weight excluding hydrogens is 416 g/mol. The molecule has 1 fully saturated rings. The van der Waals surface area contributed by atoms with E-state index in [-0.39, 0.29) is 30.4 Å². The van der Waals surface area contributed by atoms with E-state index in [0.717, 1.165) is 11.1 Å². The monoisotopic (exact) mass is 442 g/mol. The number of carbonyl (C=O) groups is 1. The van der Waals surface area contributed by atoms with Gasteiger partial charge in [0, 0.05) is 26.2 Å². The van der Waals surface area contributed by atoms with E-state index in [9.17, 15) is 13.2 Å². The molecule has 3 rings (SSSR count). The molecule has 0 aliphatic carbocycles. The maximum atomic E-state index is 12.7. The van der Waals surface area contributed by atoms with Crippen LogP contribution in [0.4, 0.5) is 0 Å². The van der Waals surface area contributed by atoms with Gasteiger partial charge in [-0.1, -0.05) is 42.5 Å². The van der Waals surface area contributed by atoms with Crippen molar-refractivity contribution in [3.05, 3.63) is 65.7 Å². The van der Waals surface area contributed by atoms with Crippen molar-refractivity contribution in [2.24, 2.45) is 0 Å². The molecule has 2 aromatic rings. The smallest absolute Gasteiger partial charge is 0.243 e. The standard InChI is InChI=1S/C22H26N4O4S/c23-10-11-25(17-20-4-2-1-3-5-20)18-22(27)24-16-19-6-8-21(9-7-19)31(28,29)26-12-14-30-15-13-26/h1-9H,11-18H2,(H,24,27). The fourth-order valence-corrected chi connectivity index (χ4v) is 4.69. The summed E-state index contributed by atoms with van der Waals surface area (Å²) in [5, 5.41) is 11.9. The number of morpholine rings is 1. The van der Waals surface area contributed by atoms with Gasteiger partial charge in [0.2, 0.25) is 15.9 Å². The third kappa shape index (κ3) is 6.60. The first-order chi connectivity index (χ1) is 15.0. The minimum absolute atomic E-state index is 0.103. The van der Waals surface area contributed by atoms with Gasteiger partial charge >= 0.3 is 0 Å². The zero-order chi connectivity index (χ0) is 22.1. The van der Waals surface area contributed by atoms with E-state index in [2.05, 4.69) is 11.4 Å². The highest BCUT2D eigenvalue weighted by molar-refractivity contribution is 7.89. The molecule has 0 atom stereocenters. The van der Waals surface area contributed by atoms with Gasteiger partial charge in [0.1, 0.15) is 0 Å². The minimum Gasteiger partial charge on any atom is -0.379 e. The molecule has 1 aliphatic rings. The number of hydrogen-bond acceptors (Lipinski definition) is 6. The lowest BCUT2D eigenvalue weighted by atomic mass is 10.2. The Hall–Kier alpha value is -2.77. The van der Waals surface area contributed by atoms with E-state index in [1.807, 2.05) is 30.3 Å². The van der Waals surface area contributed by atoms with Gasteiger partial charge in [0.15, 0.2) is 0 Å². The fourth-order valence-electron chi connectivity index (χ4n) is 3.28. The van der Waals surface area contributed by atoms with Crippen LogP contribution in [-0.4, -0.2) is 62.9 Å². The summed E-state index contributed by atoms with van der Waals surface area (Å²) in [7, 11) is -3.53.